The molecule has 1 saturated heterocycles. The maximum absolute atomic E-state index is 12.8. The molecular formula is C35H67NO8. The highest BCUT2D eigenvalue weighted by Gasteiger charge is 2.44. The van der Waals surface area contributed by atoms with E-state index in [1.54, 1.807) is 0 Å². The van der Waals surface area contributed by atoms with Crippen LogP contribution < -0.4 is 5.32 Å². The number of unbranched alkanes of at least 4 members (excludes halogenated alkanes) is 16. The average molecular weight is 630 g/mol. The van der Waals surface area contributed by atoms with Crippen molar-refractivity contribution in [1.29, 1.82) is 0 Å². The first-order chi connectivity index (χ1) is 21.3. The lowest BCUT2D eigenvalue weighted by Crippen LogP contribution is -2.60. The van der Waals surface area contributed by atoms with Gasteiger partial charge in [-0.1, -0.05) is 122 Å². The first kappa shape index (κ1) is 41.0. The fraction of sp³-hybridized carbons (Fsp3) is 0.914. The summed E-state index contributed by atoms with van der Waals surface area (Å²) >= 11 is 0. The van der Waals surface area contributed by atoms with Crippen molar-refractivity contribution in [2.75, 3.05) is 13.2 Å². The predicted molar refractivity (Wildman–Crippen MR) is 175 cm³/mol. The van der Waals surface area contributed by atoms with Gasteiger partial charge < -0.3 is 40.3 Å². The van der Waals surface area contributed by atoms with Crippen LogP contribution in [0.3, 0.4) is 0 Å². The smallest absolute Gasteiger partial charge is 0.220 e. The summed E-state index contributed by atoms with van der Waals surface area (Å²) in [6, 6.07) is -0.725. The molecule has 1 rings (SSSR count). The van der Waals surface area contributed by atoms with Crippen LogP contribution in [0, 0.1) is 0 Å². The normalized spacial score (nSPS) is 23.7. The zero-order valence-electron chi connectivity index (χ0n) is 27.9. The van der Waals surface area contributed by atoms with Crippen LogP contribution in [-0.4, -0.2) is 87.5 Å². The van der Waals surface area contributed by atoms with E-state index in [-0.39, 0.29) is 12.5 Å². The Morgan fingerprint density at radius 3 is 1.84 bits per heavy atom. The number of allylic oxidation sites excluding steroid dienone is 2. The number of rotatable bonds is 28. The second-order valence-electron chi connectivity index (χ2n) is 12.7. The van der Waals surface area contributed by atoms with Crippen LogP contribution in [0.15, 0.2) is 12.2 Å². The molecule has 0 saturated carbocycles. The standard InChI is InChI=1S/C35H67NO8/c1-3-5-7-9-11-13-14-15-17-18-20-22-24-29(38)28(27-43-35-34(42)33(41)32(40)30(26-37)44-35)36-31(39)25-23-21-19-16-12-10-8-6-4-2/h16,19,28-30,32-35,37-38,40-42H,3-15,17-18,20-27H2,1-2H3,(H,36,39)/b19-16-. The van der Waals surface area contributed by atoms with Gasteiger partial charge in [0, 0.05) is 6.42 Å². The predicted octanol–water partition coefficient (Wildman–Crippen LogP) is 5.44. The van der Waals surface area contributed by atoms with Gasteiger partial charge in [0.2, 0.25) is 5.91 Å². The van der Waals surface area contributed by atoms with Crippen molar-refractivity contribution in [3.8, 4) is 0 Å². The van der Waals surface area contributed by atoms with E-state index >= 15 is 0 Å². The summed E-state index contributed by atoms with van der Waals surface area (Å²) in [5, 5.41) is 53.8. The molecule has 0 bridgehead atoms. The maximum atomic E-state index is 12.8. The van der Waals surface area contributed by atoms with E-state index in [2.05, 4.69) is 31.3 Å². The molecule has 44 heavy (non-hydrogen) atoms. The molecule has 1 fully saturated rings. The van der Waals surface area contributed by atoms with Gasteiger partial charge in [0.05, 0.1) is 25.4 Å². The van der Waals surface area contributed by atoms with Crippen LogP contribution in [0.25, 0.3) is 0 Å². The molecule has 1 heterocycles. The van der Waals surface area contributed by atoms with Crippen molar-refractivity contribution in [3.63, 3.8) is 0 Å². The molecule has 9 nitrogen and oxygen atoms in total. The minimum Gasteiger partial charge on any atom is -0.394 e. The SMILES string of the molecule is CCCCCC/C=C\CCCC(=O)NC(COC1OC(CO)C(O)C(O)C1O)C(O)CCCCCCCCCCCCCC. The number of hydrogen-bond acceptors (Lipinski definition) is 8. The Balaban J connectivity index is 2.48. The summed E-state index contributed by atoms with van der Waals surface area (Å²) in [7, 11) is 0. The van der Waals surface area contributed by atoms with Crippen molar-refractivity contribution < 1.29 is 39.8 Å². The third-order valence-electron chi connectivity index (χ3n) is 8.62. The minimum absolute atomic E-state index is 0.147. The lowest BCUT2D eigenvalue weighted by atomic mass is 9.99. The fourth-order valence-electron chi connectivity index (χ4n) is 5.63. The van der Waals surface area contributed by atoms with Gasteiger partial charge in [-0.05, 0) is 32.1 Å². The van der Waals surface area contributed by atoms with Gasteiger partial charge in [0.15, 0.2) is 6.29 Å². The number of ether oxygens (including phenoxy) is 2. The number of nitrogens with one attached hydrogen (secondary N) is 1. The van der Waals surface area contributed by atoms with Crippen LogP contribution in [0.1, 0.15) is 149 Å². The van der Waals surface area contributed by atoms with Gasteiger partial charge in [-0.15, -0.1) is 0 Å². The monoisotopic (exact) mass is 629 g/mol. The highest BCUT2D eigenvalue weighted by atomic mass is 16.7. The summed E-state index contributed by atoms with van der Waals surface area (Å²) in [5.74, 6) is -0.183. The zero-order valence-corrected chi connectivity index (χ0v) is 27.9. The number of amides is 1. The minimum atomic E-state index is -1.55. The summed E-state index contributed by atoms with van der Waals surface area (Å²) in [5.41, 5.74) is 0. The van der Waals surface area contributed by atoms with Crippen LogP contribution in [-0.2, 0) is 14.3 Å². The van der Waals surface area contributed by atoms with Crippen molar-refractivity contribution in [3.05, 3.63) is 12.2 Å². The van der Waals surface area contributed by atoms with Crippen LogP contribution in [0.5, 0.6) is 0 Å². The number of hydrogen-bond donors (Lipinski definition) is 6. The first-order valence-corrected chi connectivity index (χ1v) is 17.9. The molecule has 9 heteroatoms. The van der Waals surface area contributed by atoms with Crippen molar-refractivity contribution >= 4 is 5.91 Å². The van der Waals surface area contributed by atoms with Gasteiger partial charge >= 0.3 is 0 Å². The van der Waals surface area contributed by atoms with Gasteiger partial charge in [0.25, 0.3) is 0 Å². The molecule has 0 aromatic carbocycles. The highest BCUT2D eigenvalue weighted by Crippen LogP contribution is 2.23. The van der Waals surface area contributed by atoms with Gasteiger partial charge in [0.1, 0.15) is 24.4 Å². The Morgan fingerprint density at radius 1 is 0.750 bits per heavy atom. The Labute approximate surface area is 267 Å². The Kier molecular flexibility index (Phi) is 25.2. The molecule has 7 atom stereocenters. The number of carbonyl (C=O) groups excluding carboxylic acids is 1. The summed E-state index contributed by atoms with van der Waals surface area (Å²) in [6.07, 6.45) is 19.5. The van der Waals surface area contributed by atoms with E-state index in [4.69, 9.17) is 9.47 Å². The van der Waals surface area contributed by atoms with Crippen molar-refractivity contribution in [1.82, 2.24) is 5.32 Å². The molecule has 0 aromatic rings. The van der Waals surface area contributed by atoms with Gasteiger partial charge in [-0.3, -0.25) is 4.79 Å². The second-order valence-corrected chi connectivity index (χ2v) is 12.7. The summed E-state index contributed by atoms with van der Waals surface area (Å²) < 4.78 is 11.1. The molecule has 0 spiro atoms. The van der Waals surface area contributed by atoms with E-state index in [0.717, 1.165) is 32.1 Å². The Morgan fingerprint density at radius 2 is 1.27 bits per heavy atom. The Bertz CT molecular complexity index is 706. The molecule has 0 aliphatic carbocycles. The molecule has 1 amide bonds. The third-order valence-corrected chi connectivity index (χ3v) is 8.62. The largest absolute Gasteiger partial charge is 0.394 e. The average Bonchev–Trinajstić information content (AvgIpc) is 3.02. The second kappa shape index (κ2) is 27.1. The van der Waals surface area contributed by atoms with Crippen LogP contribution >= 0.6 is 0 Å². The quantitative estimate of drug-likeness (QED) is 0.0495. The molecule has 260 valence electrons. The summed E-state index contributed by atoms with van der Waals surface area (Å²) in [6.45, 7) is 3.74. The number of aliphatic hydroxyl groups is 5. The van der Waals surface area contributed by atoms with Crippen LogP contribution in [0.2, 0.25) is 0 Å². The number of carbonyl (C=O) groups is 1. The van der Waals surface area contributed by atoms with Crippen molar-refractivity contribution in [2.24, 2.45) is 0 Å². The molecule has 7 unspecified atom stereocenters. The molecule has 1 aliphatic rings. The van der Waals surface area contributed by atoms with E-state index in [1.165, 1.54) is 83.5 Å². The molecule has 0 aromatic heterocycles. The lowest BCUT2D eigenvalue weighted by molar-refractivity contribution is -0.302. The van der Waals surface area contributed by atoms with Crippen LogP contribution in [0.4, 0.5) is 0 Å². The maximum Gasteiger partial charge on any atom is 0.220 e. The molecule has 6 N–H and O–H groups in total. The Hall–Kier alpha value is -1.07. The fourth-order valence-corrected chi connectivity index (χ4v) is 5.63. The molecule has 1 aliphatic heterocycles. The third kappa shape index (κ3) is 18.8. The molecule has 0 radical (unpaired) electrons. The van der Waals surface area contributed by atoms with Gasteiger partial charge in [-0.2, -0.15) is 0 Å². The van der Waals surface area contributed by atoms with E-state index in [9.17, 15) is 30.3 Å². The molecular weight excluding hydrogens is 562 g/mol. The highest BCUT2D eigenvalue weighted by molar-refractivity contribution is 5.76. The summed E-state index contributed by atoms with van der Waals surface area (Å²) in [4.78, 5) is 12.8. The first-order valence-electron chi connectivity index (χ1n) is 17.9. The number of aliphatic hydroxyl groups excluding tert-OH is 5. The van der Waals surface area contributed by atoms with Gasteiger partial charge in [-0.25, -0.2) is 0 Å². The van der Waals surface area contributed by atoms with Crippen molar-refractivity contribution in [2.45, 2.75) is 192 Å². The van der Waals surface area contributed by atoms with E-state index in [1.807, 2.05) is 0 Å². The lowest BCUT2D eigenvalue weighted by Gasteiger charge is -2.40. The van der Waals surface area contributed by atoms with E-state index in [0.29, 0.717) is 19.3 Å². The van der Waals surface area contributed by atoms with E-state index < -0.39 is 49.5 Å². The zero-order chi connectivity index (χ0) is 32.4. The topological polar surface area (TPSA) is 149 Å².